The van der Waals surface area contributed by atoms with Crippen LogP contribution >= 0.6 is 11.6 Å². The van der Waals surface area contributed by atoms with E-state index in [0.717, 1.165) is 19.4 Å². The zero-order valence-corrected chi connectivity index (χ0v) is 24.2. The fourth-order valence-electron chi connectivity index (χ4n) is 8.34. The van der Waals surface area contributed by atoms with E-state index in [2.05, 4.69) is 11.8 Å². The predicted octanol–water partition coefficient (Wildman–Crippen LogP) is 1.28. The highest BCUT2D eigenvalue weighted by Gasteiger charge is 2.69. The third-order valence-corrected chi connectivity index (χ3v) is 11.0. The van der Waals surface area contributed by atoms with E-state index in [0.29, 0.717) is 28.6 Å². The van der Waals surface area contributed by atoms with Crippen molar-refractivity contribution >= 4 is 40.6 Å². The number of benzene rings is 1. The molecule has 2 unspecified atom stereocenters. The topological polar surface area (TPSA) is 158 Å². The molecule has 4 saturated carbocycles. The number of likely N-dealkylation sites (N-methyl/N-ethyl adjacent to an activating group) is 1. The number of fused-ring (bicyclic) bond motifs is 3. The molecule has 0 aromatic heterocycles. The van der Waals surface area contributed by atoms with Gasteiger partial charge >= 0.3 is 0 Å². The highest BCUT2D eigenvalue weighted by atomic mass is 35.5. The first-order valence-corrected chi connectivity index (χ1v) is 14.8. The van der Waals surface area contributed by atoms with Gasteiger partial charge in [-0.05, 0) is 88.2 Å². The molecule has 0 aliphatic heterocycles. The lowest BCUT2D eigenvalue weighted by Crippen LogP contribution is -2.74. The Morgan fingerprint density at radius 1 is 1.15 bits per heavy atom. The van der Waals surface area contributed by atoms with Crippen molar-refractivity contribution in [3.05, 3.63) is 27.8 Å². The number of halogens is 1. The summed E-state index contributed by atoms with van der Waals surface area (Å²) in [6, 6.07) is 0.355. The molecule has 1 aromatic carbocycles. The monoisotopic (exact) mass is 585 g/mol. The molecule has 0 spiro atoms. The fraction of sp³-hybridized carbons (Fsp3) is 0.633. The van der Waals surface area contributed by atoms with Gasteiger partial charge in [0.25, 0.3) is 0 Å². The summed E-state index contributed by atoms with van der Waals surface area (Å²) in [5, 5.41) is 23.2. The number of carbonyl (C=O) groups is 5. The van der Waals surface area contributed by atoms with Crippen LogP contribution in [0.4, 0.5) is 0 Å². The van der Waals surface area contributed by atoms with Crippen molar-refractivity contribution in [3.63, 3.8) is 0 Å². The van der Waals surface area contributed by atoms with E-state index in [4.69, 9.17) is 17.3 Å². The summed E-state index contributed by atoms with van der Waals surface area (Å²) < 4.78 is 0. The normalized spacial score (nSPS) is 34.0. The molecule has 0 bridgehead atoms. The van der Waals surface area contributed by atoms with Crippen LogP contribution in [0.1, 0.15) is 60.5 Å². The first-order valence-electron chi connectivity index (χ1n) is 14.4. The lowest BCUT2D eigenvalue weighted by Gasteiger charge is -2.52. The second-order valence-corrected chi connectivity index (χ2v) is 13.3. The highest BCUT2D eigenvalue weighted by Crippen LogP contribution is 2.58. The molecule has 1 aromatic rings. The van der Waals surface area contributed by atoms with Gasteiger partial charge in [0.1, 0.15) is 5.75 Å². The zero-order valence-electron chi connectivity index (χ0n) is 23.5. The second-order valence-electron chi connectivity index (χ2n) is 12.9. The van der Waals surface area contributed by atoms with Gasteiger partial charge in [-0.1, -0.05) is 18.5 Å². The Morgan fingerprint density at radius 2 is 1.80 bits per heavy atom. The number of phenolic OH excluding ortho intramolecular Hbond substituents is 1. The van der Waals surface area contributed by atoms with E-state index < -0.39 is 64.4 Å². The van der Waals surface area contributed by atoms with Crippen LogP contribution in [0.15, 0.2) is 6.07 Å². The summed E-state index contributed by atoms with van der Waals surface area (Å²) >= 11 is 6.95. The number of hydrogen-bond acceptors (Lipinski definition) is 9. The molecule has 6 atom stereocenters. The third-order valence-electron chi connectivity index (χ3n) is 10.5. The van der Waals surface area contributed by atoms with Crippen LogP contribution in [-0.2, 0) is 32.1 Å². The Balaban J connectivity index is 1.39. The van der Waals surface area contributed by atoms with Gasteiger partial charge < -0.3 is 15.9 Å². The molecule has 10 nitrogen and oxygen atoms in total. The van der Waals surface area contributed by atoms with Crippen molar-refractivity contribution in [2.24, 2.45) is 35.3 Å². The van der Waals surface area contributed by atoms with Crippen LogP contribution in [0.25, 0.3) is 0 Å². The second kappa shape index (κ2) is 9.42. The number of nitrogens with two attached hydrogens (primary N) is 1. The number of carbonyl (C=O) groups excluding carboxylic acids is 5. The van der Waals surface area contributed by atoms with Gasteiger partial charge in [-0.2, -0.15) is 0 Å². The first-order chi connectivity index (χ1) is 19.3. The minimum Gasteiger partial charge on any atom is -0.507 e. The number of rotatable bonds is 7. The van der Waals surface area contributed by atoms with E-state index in [1.807, 2.05) is 0 Å². The minimum atomic E-state index is -2.74. The molecular formula is C30H36ClN3O7. The van der Waals surface area contributed by atoms with Gasteiger partial charge in [0.05, 0.1) is 17.5 Å². The van der Waals surface area contributed by atoms with Gasteiger partial charge in [0.15, 0.2) is 34.7 Å². The Bertz CT molecular complexity index is 1400. The van der Waals surface area contributed by atoms with E-state index in [1.54, 1.807) is 14.1 Å². The van der Waals surface area contributed by atoms with E-state index in [-0.39, 0.29) is 29.7 Å². The van der Waals surface area contributed by atoms with Gasteiger partial charge in [-0.3, -0.25) is 33.8 Å². The molecule has 220 valence electrons. The Labute approximate surface area is 243 Å². The summed E-state index contributed by atoms with van der Waals surface area (Å²) in [4.78, 5) is 70.4. The van der Waals surface area contributed by atoms with Crippen molar-refractivity contribution in [1.29, 1.82) is 0 Å². The maximum Gasteiger partial charge on any atom is 0.235 e. The van der Waals surface area contributed by atoms with Crippen LogP contribution < -0.4 is 5.73 Å². The summed E-state index contributed by atoms with van der Waals surface area (Å²) in [6.45, 7) is 3.45. The molecule has 0 heterocycles. The van der Waals surface area contributed by atoms with Gasteiger partial charge in [-0.25, -0.2) is 0 Å². The molecule has 0 radical (unpaired) electrons. The van der Waals surface area contributed by atoms with Crippen molar-refractivity contribution in [2.45, 2.75) is 69.2 Å². The number of nitrogens with zero attached hydrogens (tertiary/aromatic N) is 2. The molecular weight excluding hydrogens is 550 g/mol. The number of aromatic hydroxyl groups is 1. The summed E-state index contributed by atoms with van der Waals surface area (Å²) in [6.07, 6.45) is 4.87. The molecule has 0 saturated heterocycles. The van der Waals surface area contributed by atoms with E-state index in [1.165, 1.54) is 23.8 Å². The minimum absolute atomic E-state index is 0.00289. The summed E-state index contributed by atoms with van der Waals surface area (Å²) in [7, 11) is 3.12. The predicted molar refractivity (Wildman–Crippen MR) is 147 cm³/mol. The quantitative estimate of drug-likeness (QED) is 0.401. The average molecular weight is 586 g/mol. The van der Waals surface area contributed by atoms with Crippen molar-refractivity contribution < 1.29 is 34.2 Å². The molecule has 41 heavy (non-hydrogen) atoms. The molecule has 1 amide bonds. The third kappa shape index (κ3) is 3.90. The lowest BCUT2D eigenvalue weighted by molar-refractivity contribution is -0.181. The highest BCUT2D eigenvalue weighted by molar-refractivity contribution is 6.34. The molecule has 11 heteroatoms. The molecule has 4 N–H and O–H groups in total. The lowest BCUT2D eigenvalue weighted by atomic mass is 9.52. The number of primary amides is 1. The SMILES string of the molecule is CCN(Cc1cc(O)c2c(c1Cl)C[C@H]1C[C@H]3[C@H](N(C)C)C(=O)C(C(N)=O)C(=O)[C@@]3(O)C(=O)C1C2=O)C1(C2CC2)CC1. The Kier molecular flexibility index (Phi) is 6.54. The number of amides is 1. The standard InChI is InChI=1S/C30H36ClN3O7/c1-4-34(29(7-8-29)15-5-6-15)12-14-11-18(35)20-16(22(14)31)9-13-10-17-23(33(2)3)25(37)21(28(32)40)27(39)30(17,41)26(38)19(13)24(20)36/h11,13,15,17,19,21,23,35,41H,4-10,12H2,1-3H3,(H2,32,40)/t13-,17-,19?,21?,23-,30-/m0/s1. The number of ketones is 4. The average Bonchev–Trinajstić information content (AvgIpc) is 3.80. The van der Waals surface area contributed by atoms with Gasteiger partial charge in [0, 0.05) is 23.0 Å². The number of phenols is 1. The zero-order chi connectivity index (χ0) is 29.8. The maximum absolute atomic E-state index is 13.9. The maximum atomic E-state index is 13.9. The van der Waals surface area contributed by atoms with Crippen molar-refractivity contribution in [1.82, 2.24) is 9.80 Å². The first kappa shape index (κ1) is 28.5. The van der Waals surface area contributed by atoms with Gasteiger partial charge in [-0.15, -0.1) is 0 Å². The molecule has 5 aliphatic carbocycles. The number of aliphatic hydroxyl groups is 1. The Hall–Kier alpha value is -2.66. The van der Waals surface area contributed by atoms with Crippen molar-refractivity contribution in [3.8, 4) is 5.75 Å². The van der Waals surface area contributed by atoms with Gasteiger partial charge in [0.2, 0.25) is 5.91 Å². The fourth-order valence-corrected chi connectivity index (χ4v) is 8.63. The van der Waals surface area contributed by atoms with Crippen LogP contribution in [0.2, 0.25) is 5.02 Å². The van der Waals surface area contributed by atoms with E-state index >= 15 is 0 Å². The summed E-state index contributed by atoms with van der Waals surface area (Å²) in [5.41, 5.74) is 3.89. The number of hydrogen-bond donors (Lipinski definition) is 3. The van der Waals surface area contributed by atoms with Crippen LogP contribution in [0.3, 0.4) is 0 Å². The molecule has 5 aliphatic rings. The smallest absolute Gasteiger partial charge is 0.235 e. The summed E-state index contributed by atoms with van der Waals surface area (Å²) in [5.74, 6) is -9.92. The van der Waals surface area contributed by atoms with Crippen LogP contribution in [0, 0.1) is 29.6 Å². The van der Waals surface area contributed by atoms with Crippen LogP contribution in [0.5, 0.6) is 5.75 Å². The largest absolute Gasteiger partial charge is 0.507 e. The number of Topliss-reactive ketones (excluding diaryl/α,β-unsaturated/α-hetero) is 4. The molecule has 4 fully saturated rings. The Morgan fingerprint density at radius 3 is 2.34 bits per heavy atom. The van der Waals surface area contributed by atoms with Crippen molar-refractivity contribution in [2.75, 3.05) is 20.6 Å². The molecule has 6 rings (SSSR count). The van der Waals surface area contributed by atoms with Crippen LogP contribution in [-0.4, -0.2) is 86.9 Å². The van der Waals surface area contributed by atoms with E-state index in [9.17, 15) is 34.2 Å².